The van der Waals surface area contributed by atoms with Gasteiger partial charge in [-0.15, -0.1) is 0 Å². The van der Waals surface area contributed by atoms with Crippen LogP contribution in [0.5, 0.6) is 5.88 Å². The Hall–Kier alpha value is -2.17. The molecule has 0 radical (unpaired) electrons. The van der Waals surface area contributed by atoms with Crippen LogP contribution in [0.2, 0.25) is 5.02 Å². The van der Waals surface area contributed by atoms with Crippen LogP contribution in [0.25, 0.3) is 10.9 Å². The number of aromatic nitrogens is 1. The predicted octanol–water partition coefficient (Wildman–Crippen LogP) is 1.21. The molecule has 0 amide bonds. The summed E-state index contributed by atoms with van der Waals surface area (Å²) in [4.78, 5) is 24.5. The molecule has 1 aliphatic carbocycles. The molecule has 4 atom stereocenters. The van der Waals surface area contributed by atoms with Gasteiger partial charge < -0.3 is 35.9 Å². The standard InChI is InChI=1S/C14H14ClNO7.C6H13N/c15-7-2-1-6-3-10(16-8(6)4-7)23-9(5-17)11(18)12(19)13(20)14(21)22;7-6-4-2-1-3-5-6/h1-5,9,11-13,16,18-20H,(H,21,22);6H,1-5,7H2/t9-,11+,12-,13-;/m0./s1. The van der Waals surface area contributed by atoms with E-state index < -0.39 is 30.4 Å². The normalized spacial score (nSPS) is 18.6. The van der Waals surface area contributed by atoms with Crippen LogP contribution in [-0.2, 0) is 9.59 Å². The lowest BCUT2D eigenvalue weighted by atomic mass is 9.97. The van der Waals surface area contributed by atoms with Crippen LogP contribution in [0, 0.1) is 0 Å². The molecule has 3 rings (SSSR count). The third kappa shape index (κ3) is 6.68. The number of nitrogens with two attached hydrogens (primary N) is 1. The summed E-state index contributed by atoms with van der Waals surface area (Å²) < 4.78 is 5.22. The van der Waals surface area contributed by atoms with E-state index in [9.17, 15) is 24.9 Å². The fourth-order valence-corrected chi connectivity index (χ4v) is 3.29. The molecule has 2 aromatic rings. The maximum absolute atomic E-state index is 11.1. The molecule has 0 spiro atoms. The van der Waals surface area contributed by atoms with Crippen LogP contribution in [0.3, 0.4) is 0 Å². The summed E-state index contributed by atoms with van der Waals surface area (Å²) >= 11 is 5.84. The first kappa shape index (κ1) is 24.1. The van der Waals surface area contributed by atoms with E-state index >= 15 is 0 Å². The third-order valence-corrected chi connectivity index (χ3v) is 5.10. The van der Waals surface area contributed by atoms with Gasteiger partial charge in [0.15, 0.2) is 24.4 Å². The maximum Gasteiger partial charge on any atom is 0.335 e. The first-order valence-corrected chi connectivity index (χ1v) is 10.0. The number of carbonyl (C=O) groups is 2. The summed E-state index contributed by atoms with van der Waals surface area (Å²) in [6, 6.07) is 7.05. The zero-order valence-corrected chi connectivity index (χ0v) is 17.0. The number of hydrogen-bond donors (Lipinski definition) is 6. The second kappa shape index (κ2) is 11.3. The van der Waals surface area contributed by atoms with Crippen molar-refractivity contribution in [2.24, 2.45) is 5.73 Å². The first-order chi connectivity index (χ1) is 14.2. The average Bonchev–Trinajstić information content (AvgIpc) is 3.12. The third-order valence-electron chi connectivity index (χ3n) is 4.87. The second-order valence-electron chi connectivity index (χ2n) is 7.25. The number of halogens is 1. The largest absolute Gasteiger partial charge is 0.479 e. The Labute approximate surface area is 178 Å². The number of H-pyrrole nitrogens is 1. The molecule has 1 fully saturated rings. The maximum atomic E-state index is 11.1. The number of aromatic amines is 1. The highest BCUT2D eigenvalue weighted by molar-refractivity contribution is 6.31. The van der Waals surface area contributed by atoms with Crippen molar-refractivity contribution in [3.05, 3.63) is 29.3 Å². The molecule has 1 heterocycles. The average molecular weight is 443 g/mol. The van der Waals surface area contributed by atoms with Crippen molar-refractivity contribution in [3.8, 4) is 5.88 Å². The highest BCUT2D eigenvalue weighted by Gasteiger charge is 2.36. The number of carboxylic acids is 1. The minimum absolute atomic E-state index is 0.107. The number of fused-ring (bicyclic) bond motifs is 1. The fraction of sp³-hybridized carbons (Fsp3) is 0.500. The lowest BCUT2D eigenvalue weighted by Crippen LogP contribution is -2.50. The van der Waals surface area contributed by atoms with Crippen LogP contribution in [0.4, 0.5) is 0 Å². The molecule has 0 unspecified atom stereocenters. The van der Waals surface area contributed by atoms with Crippen LogP contribution >= 0.6 is 11.6 Å². The molecule has 1 aromatic heterocycles. The number of rotatable bonds is 7. The highest BCUT2D eigenvalue weighted by Crippen LogP contribution is 2.24. The van der Waals surface area contributed by atoms with Gasteiger partial charge >= 0.3 is 5.97 Å². The zero-order chi connectivity index (χ0) is 22.3. The Morgan fingerprint density at radius 3 is 2.37 bits per heavy atom. The van der Waals surface area contributed by atoms with Gasteiger partial charge in [-0.05, 0) is 25.0 Å². The van der Waals surface area contributed by atoms with E-state index in [1.165, 1.54) is 38.2 Å². The Morgan fingerprint density at radius 2 is 1.83 bits per heavy atom. The molecule has 1 saturated carbocycles. The van der Waals surface area contributed by atoms with Gasteiger partial charge in [-0.2, -0.15) is 0 Å². The molecule has 0 aliphatic heterocycles. The molecular weight excluding hydrogens is 416 g/mol. The van der Waals surface area contributed by atoms with Gasteiger partial charge in [-0.1, -0.05) is 36.9 Å². The highest BCUT2D eigenvalue weighted by atomic mass is 35.5. The van der Waals surface area contributed by atoms with Gasteiger partial charge in [0.1, 0.15) is 12.2 Å². The van der Waals surface area contributed by atoms with Crippen molar-refractivity contribution in [2.75, 3.05) is 0 Å². The Morgan fingerprint density at radius 1 is 1.17 bits per heavy atom. The minimum Gasteiger partial charge on any atom is -0.479 e. The van der Waals surface area contributed by atoms with Crippen LogP contribution in [0.1, 0.15) is 32.1 Å². The fourth-order valence-electron chi connectivity index (χ4n) is 3.12. The van der Waals surface area contributed by atoms with E-state index in [4.69, 9.17) is 27.2 Å². The monoisotopic (exact) mass is 442 g/mol. The molecular formula is C20H27ClN2O7. The van der Waals surface area contributed by atoms with Crippen molar-refractivity contribution >= 4 is 34.8 Å². The number of carboxylic acid groups (broad SMARTS) is 1. The van der Waals surface area contributed by atoms with Crippen LogP contribution in [0.15, 0.2) is 24.3 Å². The van der Waals surface area contributed by atoms with Gasteiger partial charge in [0, 0.05) is 28.0 Å². The van der Waals surface area contributed by atoms with E-state index in [-0.39, 0.29) is 12.2 Å². The molecule has 10 heteroatoms. The summed E-state index contributed by atoms with van der Waals surface area (Å²) in [6.45, 7) is 0. The van der Waals surface area contributed by atoms with Crippen molar-refractivity contribution in [3.63, 3.8) is 0 Å². The number of nitrogens with one attached hydrogen (secondary N) is 1. The second-order valence-corrected chi connectivity index (χ2v) is 7.68. The van der Waals surface area contributed by atoms with Gasteiger partial charge in [0.25, 0.3) is 0 Å². The lowest BCUT2D eigenvalue weighted by molar-refractivity contribution is -0.162. The first-order valence-electron chi connectivity index (χ1n) is 9.65. The Balaban J connectivity index is 0.000000386. The summed E-state index contributed by atoms with van der Waals surface area (Å²) in [5, 5.41) is 38.4. The summed E-state index contributed by atoms with van der Waals surface area (Å²) in [5.41, 5.74) is 6.26. The number of carbonyl (C=O) groups excluding carboxylic acids is 1. The lowest BCUT2D eigenvalue weighted by Gasteiger charge is -2.24. The number of hydrogen-bond acceptors (Lipinski definition) is 7. The molecule has 30 heavy (non-hydrogen) atoms. The van der Waals surface area contributed by atoms with Crippen LogP contribution < -0.4 is 10.5 Å². The minimum atomic E-state index is -2.25. The van der Waals surface area contributed by atoms with Gasteiger partial charge in [-0.25, -0.2) is 4.79 Å². The number of benzene rings is 1. The Bertz CT molecular complexity index is 838. The van der Waals surface area contributed by atoms with Crippen molar-refractivity contribution in [1.29, 1.82) is 0 Å². The van der Waals surface area contributed by atoms with Gasteiger partial charge in [0.2, 0.25) is 0 Å². The number of aliphatic hydroxyl groups excluding tert-OH is 3. The molecule has 1 aromatic carbocycles. The molecule has 0 bridgehead atoms. The van der Waals surface area contributed by atoms with Crippen molar-refractivity contribution in [1.82, 2.24) is 4.98 Å². The molecule has 7 N–H and O–H groups in total. The smallest absolute Gasteiger partial charge is 0.335 e. The number of aliphatic carboxylic acids is 1. The van der Waals surface area contributed by atoms with E-state index in [2.05, 4.69) is 4.98 Å². The SMILES string of the molecule is NC1CCCCC1.O=C[C@H](Oc1cc2ccc(Cl)cc2[nH]1)[C@@H](O)[C@H](O)[C@H](O)C(=O)O. The predicted molar refractivity (Wildman–Crippen MR) is 111 cm³/mol. The van der Waals surface area contributed by atoms with E-state index in [0.29, 0.717) is 16.6 Å². The topological polar surface area (TPSA) is 166 Å². The quantitative estimate of drug-likeness (QED) is 0.348. The van der Waals surface area contributed by atoms with Gasteiger partial charge in [-0.3, -0.25) is 4.79 Å². The van der Waals surface area contributed by atoms with Crippen molar-refractivity contribution in [2.45, 2.75) is 62.6 Å². The molecule has 1 aliphatic rings. The number of aldehydes is 1. The van der Waals surface area contributed by atoms with Gasteiger partial charge in [0.05, 0.1) is 0 Å². The number of aliphatic hydroxyl groups is 3. The van der Waals surface area contributed by atoms with Crippen molar-refractivity contribution < 1.29 is 34.8 Å². The Kier molecular flexibility index (Phi) is 9.07. The molecule has 9 nitrogen and oxygen atoms in total. The summed E-state index contributed by atoms with van der Waals surface area (Å²) in [5.74, 6) is -1.63. The van der Waals surface area contributed by atoms with Crippen LogP contribution in [-0.4, -0.2) is 68.1 Å². The summed E-state index contributed by atoms with van der Waals surface area (Å²) in [7, 11) is 0. The molecule has 166 valence electrons. The van der Waals surface area contributed by atoms with E-state index in [0.717, 1.165) is 5.39 Å². The van der Waals surface area contributed by atoms with E-state index in [1.54, 1.807) is 18.2 Å². The molecule has 0 saturated heterocycles. The van der Waals surface area contributed by atoms with E-state index in [1.807, 2.05) is 0 Å². The number of ether oxygens (including phenoxy) is 1. The zero-order valence-electron chi connectivity index (χ0n) is 16.3. The summed E-state index contributed by atoms with van der Waals surface area (Å²) in [6.07, 6.45) is -1.01.